The number of nitrogens with one attached hydrogen (secondary N) is 1. The summed E-state index contributed by atoms with van der Waals surface area (Å²) in [4.78, 5) is 28.4. The number of likely N-dealkylation sites (tertiary alicyclic amines) is 1. The molecule has 31 heavy (non-hydrogen) atoms. The third-order valence-electron chi connectivity index (χ3n) is 7.97. The third kappa shape index (κ3) is 4.91. The number of carbonyl (C=O) groups excluding carboxylic acids is 2. The van der Waals surface area contributed by atoms with Gasteiger partial charge in [-0.2, -0.15) is 0 Å². The van der Waals surface area contributed by atoms with Gasteiger partial charge in [0.1, 0.15) is 5.75 Å². The first kappa shape index (κ1) is 22.2. The van der Waals surface area contributed by atoms with Gasteiger partial charge >= 0.3 is 0 Å². The van der Waals surface area contributed by atoms with Gasteiger partial charge in [0.2, 0.25) is 11.8 Å². The second-order valence-corrected chi connectivity index (χ2v) is 10.7. The van der Waals surface area contributed by atoms with Gasteiger partial charge in [0.05, 0.1) is 5.92 Å². The van der Waals surface area contributed by atoms with E-state index >= 15 is 0 Å². The normalized spacial score (nSPS) is 29.0. The lowest BCUT2D eigenvalue weighted by Crippen LogP contribution is -2.54. The highest BCUT2D eigenvalue weighted by molar-refractivity contribution is 5.83. The third-order valence-corrected chi connectivity index (χ3v) is 7.97. The van der Waals surface area contributed by atoms with Crippen LogP contribution >= 0.6 is 0 Å². The fourth-order valence-corrected chi connectivity index (χ4v) is 6.19. The number of rotatable bonds is 4. The predicted molar refractivity (Wildman–Crippen MR) is 122 cm³/mol. The van der Waals surface area contributed by atoms with Crippen LogP contribution in [-0.4, -0.2) is 41.0 Å². The Hall–Kier alpha value is -2.04. The van der Waals surface area contributed by atoms with Gasteiger partial charge in [-0.25, -0.2) is 0 Å². The van der Waals surface area contributed by atoms with Crippen LogP contribution in [0.3, 0.4) is 0 Å². The molecule has 3 atom stereocenters. The van der Waals surface area contributed by atoms with E-state index in [0.29, 0.717) is 5.92 Å². The Kier molecular flexibility index (Phi) is 6.59. The van der Waals surface area contributed by atoms with Gasteiger partial charge in [0.25, 0.3) is 0 Å². The van der Waals surface area contributed by atoms with Crippen molar-refractivity contribution in [2.24, 2.45) is 17.3 Å². The maximum absolute atomic E-state index is 13.6. The number of phenols is 1. The van der Waals surface area contributed by atoms with Crippen LogP contribution in [0.5, 0.6) is 5.75 Å². The molecule has 3 fully saturated rings. The Bertz CT molecular complexity index is 782. The molecule has 1 heterocycles. The quantitative estimate of drug-likeness (QED) is 0.739. The monoisotopic (exact) mass is 426 g/mol. The average molecular weight is 427 g/mol. The number of hydrogen-bond donors (Lipinski definition) is 2. The summed E-state index contributed by atoms with van der Waals surface area (Å²) < 4.78 is 0. The Morgan fingerprint density at radius 3 is 2.29 bits per heavy atom. The molecule has 0 radical (unpaired) electrons. The largest absolute Gasteiger partial charge is 0.508 e. The SMILES string of the molecule is CC1(C)CN(C(=O)C2CCCCC2NC(=O)C2CCCC2)CCC1c1ccc(O)cc1. The van der Waals surface area contributed by atoms with Crippen molar-refractivity contribution in [2.45, 2.75) is 83.6 Å². The molecule has 5 nitrogen and oxygen atoms in total. The van der Waals surface area contributed by atoms with Crippen LogP contribution in [0, 0.1) is 17.3 Å². The van der Waals surface area contributed by atoms with Crippen molar-refractivity contribution in [3.8, 4) is 5.75 Å². The molecule has 170 valence electrons. The fraction of sp³-hybridized carbons (Fsp3) is 0.692. The lowest BCUT2D eigenvalue weighted by Gasteiger charge is -2.46. The minimum atomic E-state index is -0.0832. The van der Waals surface area contributed by atoms with Gasteiger partial charge < -0.3 is 15.3 Å². The molecule has 3 unspecified atom stereocenters. The summed E-state index contributed by atoms with van der Waals surface area (Å²) in [5.74, 6) is 1.12. The molecule has 2 aliphatic carbocycles. The standard InChI is InChI=1S/C26H38N2O3/c1-26(2)17-28(16-15-22(26)18-11-13-20(29)14-12-18)25(31)21-9-5-6-10-23(21)27-24(30)19-7-3-4-8-19/h11-14,19,21-23,29H,3-10,15-17H2,1-2H3,(H,27,30). The summed E-state index contributed by atoms with van der Waals surface area (Å²) in [6, 6.07) is 7.52. The van der Waals surface area contributed by atoms with E-state index in [4.69, 9.17) is 0 Å². The van der Waals surface area contributed by atoms with Crippen LogP contribution in [0.25, 0.3) is 0 Å². The van der Waals surface area contributed by atoms with E-state index < -0.39 is 0 Å². The molecule has 1 saturated heterocycles. The minimum absolute atomic E-state index is 0.00714. The van der Waals surface area contributed by atoms with Crippen molar-refractivity contribution in [2.75, 3.05) is 13.1 Å². The first-order chi connectivity index (χ1) is 14.8. The fourth-order valence-electron chi connectivity index (χ4n) is 6.19. The Morgan fingerprint density at radius 1 is 0.968 bits per heavy atom. The maximum atomic E-state index is 13.6. The number of carbonyl (C=O) groups is 2. The van der Waals surface area contributed by atoms with E-state index in [9.17, 15) is 14.7 Å². The van der Waals surface area contributed by atoms with Crippen molar-refractivity contribution in [1.29, 1.82) is 0 Å². The van der Waals surface area contributed by atoms with E-state index in [1.807, 2.05) is 12.1 Å². The van der Waals surface area contributed by atoms with E-state index in [1.165, 1.54) is 5.56 Å². The topological polar surface area (TPSA) is 69.6 Å². The van der Waals surface area contributed by atoms with Crippen molar-refractivity contribution < 1.29 is 14.7 Å². The molecule has 2 amide bonds. The molecule has 4 rings (SSSR count). The highest BCUT2D eigenvalue weighted by Gasteiger charge is 2.42. The van der Waals surface area contributed by atoms with Crippen LogP contribution in [0.1, 0.15) is 83.1 Å². The zero-order valence-electron chi connectivity index (χ0n) is 19.1. The number of piperidine rings is 1. The van der Waals surface area contributed by atoms with Gasteiger partial charge in [-0.15, -0.1) is 0 Å². The molecule has 2 N–H and O–H groups in total. The number of aromatic hydroxyl groups is 1. The molecular weight excluding hydrogens is 388 g/mol. The molecule has 0 spiro atoms. The Balaban J connectivity index is 1.41. The summed E-state index contributed by atoms with van der Waals surface area (Å²) in [6.07, 6.45) is 9.18. The van der Waals surface area contributed by atoms with Gasteiger partial charge in [-0.1, -0.05) is 51.7 Å². The number of amides is 2. The van der Waals surface area contributed by atoms with E-state index in [1.54, 1.807) is 12.1 Å². The van der Waals surface area contributed by atoms with Crippen LogP contribution in [0.4, 0.5) is 0 Å². The summed E-state index contributed by atoms with van der Waals surface area (Å²) in [6.45, 7) is 5.97. The number of nitrogens with zero attached hydrogens (tertiary/aromatic N) is 1. The van der Waals surface area contributed by atoms with Crippen molar-refractivity contribution in [3.05, 3.63) is 29.8 Å². The van der Waals surface area contributed by atoms with E-state index in [2.05, 4.69) is 24.1 Å². The molecule has 2 saturated carbocycles. The van der Waals surface area contributed by atoms with Crippen molar-refractivity contribution >= 4 is 11.8 Å². The highest BCUT2D eigenvalue weighted by atomic mass is 16.3. The number of benzene rings is 1. The number of phenolic OH excluding ortho intramolecular Hbond substituents is 1. The molecule has 0 bridgehead atoms. The second-order valence-electron chi connectivity index (χ2n) is 10.7. The molecule has 1 aromatic rings. The first-order valence-corrected chi connectivity index (χ1v) is 12.2. The van der Waals surface area contributed by atoms with Crippen LogP contribution in [0.2, 0.25) is 0 Å². The van der Waals surface area contributed by atoms with E-state index in [0.717, 1.165) is 70.9 Å². The summed E-state index contributed by atoms with van der Waals surface area (Å²) in [5.41, 5.74) is 1.19. The van der Waals surface area contributed by atoms with Gasteiger partial charge in [0, 0.05) is 25.0 Å². The maximum Gasteiger partial charge on any atom is 0.227 e. The number of hydrogen-bond acceptors (Lipinski definition) is 3. The molecular formula is C26H38N2O3. The summed E-state index contributed by atoms with van der Waals surface area (Å²) in [7, 11) is 0. The molecule has 1 aliphatic heterocycles. The highest BCUT2D eigenvalue weighted by Crippen LogP contribution is 2.43. The van der Waals surface area contributed by atoms with Crippen molar-refractivity contribution in [1.82, 2.24) is 10.2 Å². The zero-order chi connectivity index (χ0) is 22.0. The van der Waals surface area contributed by atoms with Crippen LogP contribution in [0.15, 0.2) is 24.3 Å². The smallest absolute Gasteiger partial charge is 0.227 e. The summed E-state index contributed by atoms with van der Waals surface area (Å²) >= 11 is 0. The predicted octanol–water partition coefficient (Wildman–Crippen LogP) is 4.60. The van der Waals surface area contributed by atoms with Gasteiger partial charge in [0.15, 0.2) is 0 Å². The van der Waals surface area contributed by atoms with E-state index in [-0.39, 0.29) is 40.9 Å². The lowest BCUT2D eigenvalue weighted by molar-refractivity contribution is -0.141. The molecule has 1 aromatic carbocycles. The minimum Gasteiger partial charge on any atom is -0.508 e. The average Bonchev–Trinajstić information content (AvgIpc) is 3.29. The molecule has 5 heteroatoms. The van der Waals surface area contributed by atoms with Crippen LogP contribution < -0.4 is 5.32 Å². The van der Waals surface area contributed by atoms with Crippen molar-refractivity contribution in [3.63, 3.8) is 0 Å². The van der Waals surface area contributed by atoms with Crippen LogP contribution in [-0.2, 0) is 9.59 Å². The van der Waals surface area contributed by atoms with Gasteiger partial charge in [-0.3, -0.25) is 9.59 Å². The summed E-state index contributed by atoms with van der Waals surface area (Å²) in [5, 5.41) is 12.9. The Morgan fingerprint density at radius 2 is 1.61 bits per heavy atom. The lowest BCUT2D eigenvalue weighted by atomic mass is 9.70. The first-order valence-electron chi connectivity index (χ1n) is 12.2. The Labute approximate surface area is 186 Å². The second kappa shape index (κ2) is 9.22. The van der Waals surface area contributed by atoms with Gasteiger partial charge in [-0.05, 0) is 61.1 Å². The zero-order valence-corrected chi connectivity index (χ0v) is 19.1. The molecule has 0 aromatic heterocycles. The molecule has 3 aliphatic rings.